The van der Waals surface area contributed by atoms with Crippen LogP contribution in [0.1, 0.15) is 11.1 Å². The molecule has 2 rings (SSSR count). The van der Waals surface area contributed by atoms with Crippen LogP contribution >= 0.6 is 0 Å². The van der Waals surface area contributed by atoms with Gasteiger partial charge in [0.2, 0.25) is 0 Å². The predicted octanol–water partition coefficient (Wildman–Crippen LogP) is 2.33. The van der Waals surface area contributed by atoms with E-state index >= 15 is 0 Å². The third-order valence-corrected chi connectivity index (χ3v) is 4.67. The summed E-state index contributed by atoms with van der Waals surface area (Å²) < 4.78 is 40.4. The summed E-state index contributed by atoms with van der Waals surface area (Å²) in [6.45, 7) is 1.79. The van der Waals surface area contributed by atoms with Crippen LogP contribution in [0.2, 0.25) is 0 Å². The van der Waals surface area contributed by atoms with Crippen molar-refractivity contribution in [1.29, 1.82) is 0 Å². The van der Waals surface area contributed by atoms with Crippen molar-refractivity contribution >= 4 is 16.2 Å². The van der Waals surface area contributed by atoms with Crippen molar-refractivity contribution < 1.29 is 22.6 Å². The number of aryl methyl sites for hydroxylation is 1. The van der Waals surface area contributed by atoms with E-state index < -0.39 is 10.0 Å². The molecule has 134 valence electrons. The van der Waals surface area contributed by atoms with Crippen LogP contribution in [0.25, 0.3) is 0 Å². The molecule has 0 saturated carbocycles. The first-order valence-corrected chi connectivity index (χ1v) is 8.81. The van der Waals surface area contributed by atoms with E-state index in [1.54, 1.807) is 37.3 Å². The Hall–Kier alpha value is -2.74. The molecule has 8 heteroatoms. The van der Waals surface area contributed by atoms with Gasteiger partial charge < -0.3 is 14.2 Å². The number of hydrazone groups is 1. The highest BCUT2D eigenvalue weighted by atomic mass is 32.2. The van der Waals surface area contributed by atoms with E-state index in [1.807, 2.05) is 0 Å². The predicted molar refractivity (Wildman–Crippen MR) is 95.2 cm³/mol. The van der Waals surface area contributed by atoms with Crippen LogP contribution < -0.4 is 19.0 Å². The number of ether oxygens (including phenoxy) is 3. The molecule has 0 saturated heterocycles. The minimum Gasteiger partial charge on any atom is -0.497 e. The summed E-state index contributed by atoms with van der Waals surface area (Å²) >= 11 is 0. The number of methoxy groups -OCH3 is 3. The lowest BCUT2D eigenvalue weighted by Gasteiger charge is -2.10. The highest BCUT2D eigenvalue weighted by molar-refractivity contribution is 7.89. The molecular weight excluding hydrogens is 344 g/mol. The molecule has 0 aliphatic rings. The smallest absolute Gasteiger partial charge is 0.280 e. The number of nitrogens with zero attached hydrogens (tertiary/aromatic N) is 1. The molecule has 2 aromatic rings. The molecule has 2 aromatic carbocycles. The van der Waals surface area contributed by atoms with Gasteiger partial charge >= 0.3 is 0 Å². The molecule has 0 aromatic heterocycles. The van der Waals surface area contributed by atoms with E-state index in [9.17, 15) is 8.42 Å². The van der Waals surface area contributed by atoms with Gasteiger partial charge in [-0.25, -0.2) is 0 Å². The number of hydrogen-bond donors (Lipinski definition) is 1. The fourth-order valence-corrected chi connectivity index (χ4v) is 3.20. The first kappa shape index (κ1) is 18.6. The molecule has 25 heavy (non-hydrogen) atoms. The minimum atomic E-state index is -3.88. The van der Waals surface area contributed by atoms with E-state index in [1.165, 1.54) is 33.6 Å². The fourth-order valence-electron chi connectivity index (χ4n) is 2.15. The number of rotatable bonds is 7. The highest BCUT2D eigenvalue weighted by Gasteiger charge is 2.19. The molecule has 0 bridgehead atoms. The minimum absolute atomic E-state index is 0.0183. The molecule has 0 aliphatic carbocycles. The monoisotopic (exact) mass is 364 g/mol. The zero-order valence-corrected chi connectivity index (χ0v) is 15.3. The molecule has 0 heterocycles. The van der Waals surface area contributed by atoms with Gasteiger partial charge in [-0.15, -0.1) is 0 Å². The first-order chi connectivity index (χ1) is 11.9. The van der Waals surface area contributed by atoms with Crippen molar-refractivity contribution in [3.05, 3.63) is 47.5 Å². The van der Waals surface area contributed by atoms with Crippen molar-refractivity contribution in [2.45, 2.75) is 11.8 Å². The van der Waals surface area contributed by atoms with Crippen molar-refractivity contribution in [2.24, 2.45) is 5.10 Å². The number of hydrogen-bond acceptors (Lipinski definition) is 6. The van der Waals surface area contributed by atoms with Crippen LogP contribution in [0.3, 0.4) is 0 Å². The Morgan fingerprint density at radius 2 is 1.64 bits per heavy atom. The van der Waals surface area contributed by atoms with Gasteiger partial charge in [0, 0.05) is 5.56 Å². The van der Waals surface area contributed by atoms with E-state index in [2.05, 4.69) is 9.93 Å². The number of nitrogens with one attached hydrogen (secondary N) is 1. The average Bonchev–Trinajstić information content (AvgIpc) is 2.61. The zero-order chi connectivity index (χ0) is 18.4. The SMILES string of the molecule is COc1ccc(OC)c(/C=N/NS(=O)(=O)c2cc(C)ccc2OC)c1. The lowest BCUT2D eigenvalue weighted by atomic mass is 10.2. The second-order valence-electron chi connectivity index (χ2n) is 5.12. The largest absolute Gasteiger partial charge is 0.497 e. The second-order valence-corrected chi connectivity index (χ2v) is 6.74. The fraction of sp³-hybridized carbons (Fsp3) is 0.235. The third kappa shape index (κ3) is 4.42. The molecule has 0 unspecified atom stereocenters. The van der Waals surface area contributed by atoms with E-state index in [0.717, 1.165) is 5.56 Å². The maximum atomic E-state index is 12.5. The van der Waals surface area contributed by atoms with Crippen LogP contribution in [0.15, 0.2) is 46.4 Å². The number of benzene rings is 2. The van der Waals surface area contributed by atoms with Crippen molar-refractivity contribution in [2.75, 3.05) is 21.3 Å². The van der Waals surface area contributed by atoms with E-state index in [-0.39, 0.29) is 10.6 Å². The molecule has 1 N–H and O–H groups in total. The van der Waals surface area contributed by atoms with Gasteiger partial charge in [0.15, 0.2) is 0 Å². The Morgan fingerprint density at radius 1 is 0.960 bits per heavy atom. The number of sulfonamides is 1. The first-order valence-electron chi connectivity index (χ1n) is 7.33. The van der Waals surface area contributed by atoms with Gasteiger partial charge in [-0.2, -0.15) is 18.4 Å². The van der Waals surface area contributed by atoms with E-state index in [4.69, 9.17) is 14.2 Å². The Balaban J connectivity index is 2.28. The maximum absolute atomic E-state index is 12.5. The normalized spacial score (nSPS) is 11.4. The van der Waals surface area contributed by atoms with E-state index in [0.29, 0.717) is 17.1 Å². The highest BCUT2D eigenvalue weighted by Crippen LogP contribution is 2.25. The summed E-state index contributed by atoms with van der Waals surface area (Å²) in [5, 5.41) is 3.82. The van der Waals surface area contributed by atoms with Crippen molar-refractivity contribution in [3.8, 4) is 17.2 Å². The van der Waals surface area contributed by atoms with Crippen LogP contribution in [-0.2, 0) is 10.0 Å². The quantitative estimate of drug-likeness (QED) is 0.602. The molecule has 0 aliphatic heterocycles. The van der Waals surface area contributed by atoms with Gasteiger partial charge in [-0.05, 0) is 42.8 Å². The molecule has 0 radical (unpaired) electrons. The topological polar surface area (TPSA) is 86.2 Å². The van der Waals surface area contributed by atoms with Crippen molar-refractivity contribution in [3.63, 3.8) is 0 Å². The van der Waals surface area contributed by atoms with Gasteiger partial charge in [-0.1, -0.05) is 6.07 Å². The Labute approximate surface area is 147 Å². The van der Waals surface area contributed by atoms with Crippen molar-refractivity contribution in [1.82, 2.24) is 4.83 Å². The maximum Gasteiger partial charge on any atom is 0.280 e. The van der Waals surface area contributed by atoms with Crippen LogP contribution in [0, 0.1) is 6.92 Å². The summed E-state index contributed by atoms with van der Waals surface area (Å²) in [5.41, 5.74) is 1.36. The molecule has 0 amide bonds. The third-order valence-electron chi connectivity index (χ3n) is 3.42. The van der Waals surface area contributed by atoms with Gasteiger partial charge in [0.05, 0.1) is 27.5 Å². The second kappa shape index (κ2) is 7.89. The summed E-state index contributed by atoms with van der Waals surface area (Å²) in [4.78, 5) is 2.20. The molecule has 0 fully saturated rings. The standard InChI is InChI=1S/C17H20N2O5S/c1-12-5-7-16(24-4)17(9-12)25(20,21)19-18-11-13-10-14(22-2)6-8-15(13)23-3/h5-11,19H,1-4H3/b18-11+. The summed E-state index contributed by atoms with van der Waals surface area (Å²) in [7, 11) is 0.587. The van der Waals surface area contributed by atoms with Crippen LogP contribution in [0.5, 0.6) is 17.2 Å². The lowest BCUT2D eigenvalue weighted by Crippen LogP contribution is -2.19. The summed E-state index contributed by atoms with van der Waals surface area (Å²) in [5.74, 6) is 1.38. The Morgan fingerprint density at radius 3 is 2.28 bits per heavy atom. The van der Waals surface area contributed by atoms with Gasteiger partial charge in [-0.3, -0.25) is 0 Å². The summed E-state index contributed by atoms with van der Waals surface area (Å²) in [6, 6.07) is 10.0. The van der Waals surface area contributed by atoms with Crippen LogP contribution in [-0.4, -0.2) is 36.0 Å². The summed E-state index contributed by atoms with van der Waals surface area (Å²) in [6.07, 6.45) is 1.35. The zero-order valence-electron chi connectivity index (χ0n) is 14.4. The van der Waals surface area contributed by atoms with Crippen LogP contribution in [0.4, 0.5) is 0 Å². The average molecular weight is 364 g/mol. The molecule has 0 atom stereocenters. The molecular formula is C17H20N2O5S. The van der Waals surface area contributed by atoms with Gasteiger partial charge in [0.25, 0.3) is 10.0 Å². The molecule has 0 spiro atoms. The van der Waals surface area contributed by atoms with Gasteiger partial charge in [0.1, 0.15) is 22.1 Å². The Bertz CT molecular complexity index is 879. The Kier molecular flexibility index (Phi) is 5.87. The lowest BCUT2D eigenvalue weighted by molar-refractivity contribution is 0.402. The molecule has 7 nitrogen and oxygen atoms in total.